The van der Waals surface area contributed by atoms with Crippen molar-refractivity contribution in [2.75, 3.05) is 18.5 Å². The van der Waals surface area contributed by atoms with Crippen molar-refractivity contribution < 1.29 is 9.47 Å². The summed E-state index contributed by atoms with van der Waals surface area (Å²) in [5.41, 5.74) is 2.26. The van der Waals surface area contributed by atoms with E-state index in [-0.39, 0.29) is 0 Å². The number of nitrogens with one attached hydrogen (secondary N) is 1. The van der Waals surface area contributed by atoms with Crippen molar-refractivity contribution in [3.63, 3.8) is 0 Å². The topological polar surface area (TPSA) is 30.5 Å². The van der Waals surface area contributed by atoms with Gasteiger partial charge in [-0.1, -0.05) is 50.3 Å². The molecule has 2 aromatic rings. The molecule has 0 aliphatic heterocycles. The Kier molecular flexibility index (Phi) is 7.24. The molecule has 2 aromatic carbocycles. The molecule has 0 radical (unpaired) electrons. The van der Waals surface area contributed by atoms with Gasteiger partial charge in [0.25, 0.3) is 0 Å². The van der Waals surface area contributed by atoms with Crippen LogP contribution in [0, 0.1) is 5.92 Å². The second-order valence-corrected chi connectivity index (χ2v) is 7.06. The third-order valence-corrected chi connectivity index (χ3v) is 5.13. The lowest BCUT2D eigenvalue weighted by molar-refractivity contribution is 0.246. The van der Waals surface area contributed by atoms with Crippen LogP contribution < -0.4 is 14.8 Å². The van der Waals surface area contributed by atoms with E-state index < -0.39 is 0 Å². The molecule has 1 fully saturated rings. The largest absolute Gasteiger partial charge is 0.494 e. The van der Waals surface area contributed by atoms with Crippen LogP contribution in [0.3, 0.4) is 0 Å². The van der Waals surface area contributed by atoms with Crippen LogP contribution in [-0.2, 0) is 6.54 Å². The first-order valence-corrected chi connectivity index (χ1v) is 10.0. The first-order chi connectivity index (χ1) is 12.8. The fourth-order valence-electron chi connectivity index (χ4n) is 3.63. The van der Waals surface area contributed by atoms with Gasteiger partial charge in [-0.3, -0.25) is 0 Å². The molecule has 0 amide bonds. The molecule has 26 heavy (non-hydrogen) atoms. The van der Waals surface area contributed by atoms with E-state index in [0.29, 0.717) is 6.61 Å². The lowest BCUT2D eigenvalue weighted by Gasteiger charge is -2.21. The molecule has 0 atom stereocenters. The number of ether oxygens (including phenoxy) is 2. The molecule has 0 unspecified atom stereocenters. The predicted octanol–water partition coefficient (Wildman–Crippen LogP) is 6.05. The minimum Gasteiger partial charge on any atom is -0.494 e. The van der Waals surface area contributed by atoms with E-state index in [2.05, 4.69) is 35.6 Å². The van der Waals surface area contributed by atoms with Crippen molar-refractivity contribution in [3.8, 4) is 11.5 Å². The van der Waals surface area contributed by atoms with Gasteiger partial charge in [-0.25, -0.2) is 0 Å². The number of anilines is 1. The molecular formula is C23H31NO2. The maximum Gasteiger partial charge on any atom is 0.124 e. The van der Waals surface area contributed by atoms with Crippen LogP contribution in [0.2, 0.25) is 0 Å². The molecule has 1 aliphatic carbocycles. The maximum atomic E-state index is 5.93. The third-order valence-electron chi connectivity index (χ3n) is 5.13. The summed E-state index contributed by atoms with van der Waals surface area (Å²) in [5.74, 6) is 2.78. The summed E-state index contributed by atoms with van der Waals surface area (Å²) in [6, 6.07) is 16.4. The Hall–Kier alpha value is -2.16. The summed E-state index contributed by atoms with van der Waals surface area (Å²) in [4.78, 5) is 0. The van der Waals surface area contributed by atoms with Crippen LogP contribution >= 0.6 is 0 Å². The molecule has 0 bridgehead atoms. The van der Waals surface area contributed by atoms with Gasteiger partial charge in [-0.05, 0) is 49.6 Å². The minimum atomic E-state index is 0.684. The van der Waals surface area contributed by atoms with E-state index in [0.717, 1.165) is 36.3 Å². The molecule has 140 valence electrons. The predicted molar refractivity (Wildman–Crippen MR) is 108 cm³/mol. The smallest absolute Gasteiger partial charge is 0.124 e. The molecular weight excluding hydrogens is 322 g/mol. The zero-order chi connectivity index (χ0) is 18.0. The average Bonchev–Trinajstić information content (AvgIpc) is 2.69. The molecule has 1 N–H and O–H groups in total. The van der Waals surface area contributed by atoms with Crippen LogP contribution in [0.25, 0.3) is 0 Å². The highest BCUT2D eigenvalue weighted by Crippen LogP contribution is 2.26. The lowest BCUT2D eigenvalue weighted by atomic mass is 9.87. The zero-order valence-electron chi connectivity index (χ0n) is 15.9. The highest BCUT2D eigenvalue weighted by molar-refractivity contribution is 5.47. The molecule has 1 aliphatic rings. The highest BCUT2D eigenvalue weighted by Gasteiger charge is 2.13. The Labute approximate surface area is 157 Å². The van der Waals surface area contributed by atoms with Gasteiger partial charge in [0.2, 0.25) is 0 Å². The van der Waals surface area contributed by atoms with E-state index in [1.165, 1.54) is 44.1 Å². The lowest BCUT2D eigenvalue weighted by Crippen LogP contribution is -2.10. The molecule has 3 heteroatoms. The summed E-state index contributed by atoms with van der Waals surface area (Å²) in [6.07, 6.45) is 8.18. The van der Waals surface area contributed by atoms with E-state index in [9.17, 15) is 0 Å². The monoisotopic (exact) mass is 353 g/mol. The van der Waals surface area contributed by atoms with Crippen molar-refractivity contribution in [3.05, 3.63) is 54.1 Å². The summed E-state index contributed by atoms with van der Waals surface area (Å²) < 4.78 is 11.6. The van der Waals surface area contributed by atoms with Gasteiger partial charge in [0.15, 0.2) is 0 Å². The van der Waals surface area contributed by atoms with Crippen molar-refractivity contribution >= 4 is 5.69 Å². The van der Waals surface area contributed by atoms with Gasteiger partial charge in [-0.15, -0.1) is 0 Å². The van der Waals surface area contributed by atoms with E-state index in [1.54, 1.807) is 0 Å². The van der Waals surface area contributed by atoms with Gasteiger partial charge < -0.3 is 14.8 Å². The molecule has 0 saturated heterocycles. The number of rotatable bonds is 9. The van der Waals surface area contributed by atoms with Crippen LogP contribution in [0.15, 0.2) is 48.5 Å². The summed E-state index contributed by atoms with van der Waals surface area (Å²) in [5, 5.41) is 3.46. The van der Waals surface area contributed by atoms with Crippen molar-refractivity contribution in [2.24, 2.45) is 5.92 Å². The zero-order valence-corrected chi connectivity index (χ0v) is 15.9. The number of para-hydroxylation sites is 1. The molecule has 0 heterocycles. The number of hydrogen-bond acceptors (Lipinski definition) is 3. The number of hydrogen-bond donors (Lipinski definition) is 1. The first-order valence-electron chi connectivity index (χ1n) is 10.0. The fourth-order valence-corrected chi connectivity index (χ4v) is 3.63. The Morgan fingerprint density at radius 2 is 1.69 bits per heavy atom. The SMILES string of the molecule is CCOc1ccccc1CNc1ccc(OCCC2CCCCC2)cc1. The average molecular weight is 354 g/mol. The molecule has 1 saturated carbocycles. The third kappa shape index (κ3) is 5.69. The highest BCUT2D eigenvalue weighted by atomic mass is 16.5. The van der Waals surface area contributed by atoms with Crippen molar-refractivity contribution in [1.82, 2.24) is 0 Å². The normalized spacial score (nSPS) is 14.8. The number of benzene rings is 2. The Balaban J connectivity index is 1.44. The Morgan fingerprint density at radius 1 is 0.923 bits per heavy atom. The van der Waals surface area contributed by atoms with Crippen LogP contribution in [0.4, 0.5) is 5.69 Å². The minimum absolute atomic E-state index is 0.684. The quantitative estimate of drug-likeness (QED) is 0.595. The van der Waals surface area contributed by atoms with Gasteiger partial charge in [0.05, 0.1) is 13.2 Å². The second kappa shape index (κ2) is 10.1. The van der Waals surface area contributed by atoms with Gasteiger partial charge in [0.1, 0.15) is 11.5 Å². The summed E-state index contributed by atoms with van der Waals surface area (Å²) >= 11 is 0. The summed E-state index contributed by atoms with van der Waals surface area (Å²) in [7, 11) is 0. The molecule has 3 nitrogen and oxygen atoms in total. The summed E-state index contributed by atoms with van der Waals surface area (Å²) in [6.45, 7) is 4.28. The van der Waals surface area contributed by atoms with E-state index >= 15 is 0 Å². The van der Waals surface area contributed by atoms with Gasteiger partial charge >= 0.3 is 0 Å². The van der Waals surface area contributed by atoms with Crippen molar-refractivity contribution in [2.45, 2.75) is 52.0 Å². The fraction of sp³-hybridized carbons (Fsp3) is 0.478. The van der Waals surface area contributed by atoms with Gasteiger partial charge in [0, 0.05) is 17.8 Å². The molecule has 0 spiro atoms. The van der Waals surface area contributed by atoms with Gasteiger partial charge in [-0.2, -0.15) is 0 Å². The van der Waals surface area contributed by atoms with E-state index in [1.807, 2.05) is 25.1 Å². The molecule has 0 aromatic heterocycles. The Morgan fingerprint density at radius 3 is 2.46 bits per heavy atom. The standard InChI is InChI=1S/C23H31NO2/c1-2-25-23-11-7-6-10-20(23)18-24-21-12-14-22(15-13-21)26-17-16-19-8-4-3-5-9-19/h6-7,10-15,19,24H,2-5,8-9,16-18H2,1H3. The first kappa shape index (κ1) is 18.6. The van der Waals surface area contributed by atoms with E-state index in [4.69, 9.17) is 9.47 Å². The molecule has 3 rings (SSSR count). The van der Waals surface area contributed by atoms with Crippen molar-refractivity contribution in [1.29, 1.82) is 0 Å². The van der Waals surface area contributed by atoms with Crippen LogP contribution in [-0.4, -0.2) is 13.2 Å². The van der Waals surface area contributed by atoms with Crippen LogP contribution in [0.5, 0.6) is 11.5 Å². The Bertz CT molecular complexity index is 648. The van der Waals surface area contributed by atoms with Crippen LogP contribution in [0.1, 0.15) is 51.0 Å². The maximum absolute atomic E-state index is 5.93. The second-order valence-electron chi connectivity index (χ2n) is 7.06.